The Morgan fingerprint density at radius 3 is 1.71 bits per heavy atom. The Morgan fingerprint density at radius 2 is 1.26 bits per heavy atom. The van der Waals surface area contributed by atoms with Crippen molar-refractivity contribution in [3.63, 3.8) is 0 Å². The van der Waals surface area contributed by atoms with Crippen LogP contribution in [0.15, 0.2) is 89.8 Å². The third-order valence-electron chi connectivity index (χ3n) is 5.15. The molecule has 5 nitrogen and oxygen atoms in total. The number of rotatable bonds is 5. The molecule has 0 aromatic heterocycles. The highest BCUT2D eigenvalue weighted by molar-refractivity contribution is 7.85. The molecule has 3 aromatic carbocycles. The van der Waals surface area contributed by atoms with E-state index in [0.717, 1.165) is 13.1 Å². The Hall–Kier alpha value is -2.51. The molecule has 6 heteroatoms. The maximum atomic E-state index is 10.6. The van der Waals surface area contributed by atoms with Crippen molar-refractivity contribution in [3.8, 4) is 0 Å². The number of nitrogens with zero attached hydrogens (tertiary/aromatic N) is 1. The zero-order valence-electron chi connectivity index (χ0n) is 17.7. The lowest BCUT2D eigenvalue weighted by Gasteiger charge is -2.30. The highest BCUT2D eigenvalue weighted by Gasteiger charge is 2.20. The summed E-state index contributed by atoms with van der Waals surface area (Å²) in [5, 5.41) is 2.13. The summed E-state index contributed by atoms with van der Waals surface area (Å²) in [4.78, 5) is 6.27. The van der Waals surface area contributed by atoms with Gasteiger partial charge in [0.15, 0.2) is 0 Å². The van der Waals surface area contributed by atoms with Crippen LogP contribution in [0.5, 0.6) is 0 Å². The van der Waals surface area contributed by atoms with Crippen LogP contribution in [-0.2, 0) is 15.0 Å². The van der Waals surface area contributed by atoms with Gasteiger partial charge in [-0.3, -0.25) is 9.39 Å². The summed E-state index contributed by atoms with van der Waals surface area (Å²) in [5.74, 6) is 0. The van der Waals surface area contributed by atoms with Crippen LogP contribution in [-0.4, -0.2) is 31.1 Å². The first-order valence-electron chi connectivity index (χ1n) is 10.5. The lowest BCUT2D eigenvalue weighted by atomic mass is 10.0. The molecule has 0 amide bonds. The standard InChI is InChI=1S/C18H21NO.C7H8O3S/c1-4-10-16(11-5-1)18(17-12-6-2-7-13-17)20-19-14-8-3-9-15-19;1-6-4-2-3-5-7(6)11(8,9)10/h1-2,4-7,10-13,18H,3,8-9,14-15H2;2-5H,1H3,(H,8,9,10). The normalized spacial score (nSPS) is 14.7. The molecular formula is C25H29NO4S. The Morgan fingerprint density at radius 1 is 0.774 bits per heavy atom. The van der Waals surface area contributed by atoms with Crippen LogP contribution in [0.25, 0.3) is 0 Å². The van der Waals surface area contributed by atoms with Crippen molar-refractivity contribution in [3.05, 3.63) is 102 Å². The molecule has 1 aliphatic heterocycles. The Bertz CT molecular complexity index is 994. The summed E-state index contributed by atoms with van der Waals surface area (Å²) in [7, 11) is -4.03. The van der Waals surface area contributed by atoms with E-state index in [0.29, 0.717) is 5.56 Å². The van der Waals surface area contributed by atoms with Crippen molar-refractivity contribution < 1.29 is 17.8 Å². The molecule has 0 unspecified atom stereocenters. The topological polar surface area (TPSA) is 66.8 Å². The maximum Gasteiger partial charge on any atom is 0.294 e. The predicted molar refractivity (Wildman–Crippen MR) is 122 cm³/mol. The van der Waals surface area contributed by atoms with Gasteiger partial charge in [-0.25, -0.2) is 0 Å². The molecule has 4 rings (SSSR count). The van der Waals surface area contributed by atoms with Gasteiger partial charge in [0.25, 0.3) is 10.1 Å². The molecule has 3 aromatic rings. The van der Waals surface area contributed by atoms with Gasteiger partial charge in [-0.2, -0.15) is 13.5 Å². The van der Waals surface area contributed by atoms with E-state index < -0.39 is 10.1 Å². The predicted octanol–water partition coefficient (Wildman–Crippen LogP) is 5.44. The maximum absolute atomic E-state index is 10.6. The number of piperidine rings is 1. The van der Waals surface area contributed by atoms with Crippen molar-refractivity contribution in [1.29, 1.82) is 0 Å². The fourth-order valence-corrected chi connectivity index (χ4v) is 4.26. The quantitative estimate of drug-likeness (QED) is 0.537. The van der Waals surface area contributed by atoms with E-state index in [1.54, 1.807) is 25.1 Å². The van der Waals surface area contributed by atoms with Crippen LogP contribution >= 0.6 is 0 Å². The molecule has 0 spiro atoms. The minimum Gasteiger partial charge on any atom is -0.286 e. The van der Waals surface area contributed by atoms with Crippen LogP contribution in [0.2, 0.25) is 0 Å². The molecule has 1 heterocycles. The molecule has 0 atom stereocenters. The van der Waals surface area contributed by atoms with Crippen molar-refractivity contribution >= 4 is 10.1 Å². The van der Waals surface area contributed by atoms with Gasteiger partial charge >= 0.3 is 0 Å². The van der Waals surface area contributed by atoms with Gasteiger partial charge in [-0.05, 0) is 42.5 Å². The van der Waals surface area contributed by atoms with E-state index in [9.17, 15) is 8.42 Å². The first-order valence-corrected chi connectivity index (χ1v) is 11.9. The highest BCUT2D eigenvalue weighted by atomic mass is 32.2. The average molecular weight is 440 g/mol. The van der Waals surface area contributed by atoms with Gasteiger partial charge in [0.1, 0.15) is 6.10 Å². The molecule has 31 heavy (non-hydrogen) atoms. The van der Waals surface area contributed by atoms with Crippen LogP contribution in [0.3, 0.4) is 0 Å². The van der Waals surface area contributed by atoms with E-state index >= 15 is 0 Å². The second-order valence-corrected chi connectivity index (χ2v) is 8.93. The molecule has 1 aliphatic rings. The molecule has 0 bridgehead atoms. The molecule has 1 saturated heterocycles. The second kappa shape index (κ2) is 11.2. The summed E-state index contributed by atoms with van der Waals surface area (Å²) in [6.07, 6.45) is 3.78. The highest BCUT2D eigenvalue weighted by Crippen LogP contribution is 2.28. The molecule has 1 N–H and O–H groups in total. The van der Waals surface area contributed by atoms with E-state index in [4.69, 9.17) is 9.39 Å². The number of hydrogen-bond donors (Lipinski definition) is 1. The minimum absolute atomic E-state index is 0.00417. The average Bonchev–Trinajstić information content (AvgIpc) is 2.79. The molecule has 164 valence electrons. The zero-order valence-corrected chi connectivity index (χ0v) is 18.5. The largest absolute Gasteiger partial charge is 0.294 e. The molecule has 0 radical (unpaired) electrons. The van der Waals surface area contributed by atoms with Crippen LogP contribution in [0, 0.1) is 6.92 Å². The summed E-state index contributed by atoms with van der Waals surface area (Å²) >= 11 is 0. The number of aryl methyl sites for hydroxylation is 1. The van der Waals surface area contributed by atoms with Crippen LogP contribution < -0.4 is 0 Å². The smallest absolute Gasteiger partial charge is 0.286 e. The van der Waals surface area contributed by atoms with E-state index in [-0.39, 0.29) is 11.0 Å². The summed E-state index contributed by atoms with van der Waals surface area (Å²) in [6, 6.07) is 27.2. The second-order valence-electron chi connectivity index (χ2n) is 7.54. The number of benzene rings is 3. The summed E-state index contributed by atoms with van der Waals surface area (Å²) < 4.78 is 29.9. The fourth-order valence-electron chi connectivity index (χ4n) is 3.54. The minimum atomic E-state index is -4.03. The number of hydroxylamine groups is 2. The van der Waals surface area contributed by atoms with Crippen molar-refractivity contribution in [1.82, 2.24) is 5.06 Å². The Labute approximate surface area is 185 Å². The third kappa shape index (κ3) is 7.01. The van der Waals surface area contributed by atoms with Gasteiger partial charge in [0.05, 0.1) is 4.90 Å². The van der Waals surface area contributed by atoms with E-state index in [1.807, 2.05) is 12.1 Å². The lowest BCUT2D eigenvalue weighted by molar-refractivity contribution is -0.196. The van der Waals surface area contributed by atoms with Gasteiger partial charge in [-0.15, -0.1) is 0 Å². The number of hydrogen-bond acceptors (Lipinski definition) is 4. The first-order chi connectivity index (χ1) is 14.9. The van der Waals surface area contributed by atoms with Crippen molar-refractivity contribution in [2.24, 2.45) is 0 Å². The molecule has 0 saturated carbocycles. The molecule has 1 fully saturated rings. The lowest BCUT2D eigenvalue weighted by Crippen LogP contribution is -2.31. The monoisotopic (exact) mass is 439 g/mol. The van der Waals surface area contributed by atoms with Gasteiger partial charge in [0.2, 0.25) is 0 Å². The summed E-state index contributed by atoms with van der Waals surface area (Å²) in [6.45, 7) is 3.70. The first kappa shape index (κ1) is 23.2. The van der Waals surface area contributed by atoms with Crippen molar-refractivity contribution in [2.45, 2.75) is 37.2 Å². The van der Waals surface area contributed by atoms with Gasteiger partial charge in [-0.1, -0.05) is 85.3 Å². The SMILES string of the molecule is Cc1ccccc1S(=O)(=O)O.c1ccc(C(ON2CCCCC2)c2ccccc2)cc1. The van der Waals surface area contributed by atoms with Gasteiger partial charge < -0.3 is 0 Å². The van der Waals surface area contributed by atoms with Gasteiger partial charge in [0, 0.05) is 13.1 Å². The fraction of sp³-hybridized carbons (Fsp3) is 0.280. The van der Waals surface area contributed by atoms with Crippen LogP contribution in [0.4, 0.5) is 0 Å². The molecular weight excluding hydrogens is 410 g/mol. The Balaban J connectivity index is 0.000000210. The zero-order chi connectivity index (χ0) is 22.1. The van der Waals surface area contributed by atoms with Crippen molar-refractivity contribution in [2.75, 3.05) is 13.1 Å². The third-order valence-corrected chi connectivity index (χ3v) is 6.16. The van der Waals surface area contributed by atoms with E-state index in [2.05, 4.69) is 53.6 Å². The molecule has 0 aliphatic carbocycles. The van der Waals surface area contributed by atoms with Crippen LogP contribution in [0.1, 0.15) is 42.1 Å². The Kier molecular flexibility index (Phi) is 8.37. The van der Waals surface area contributed by atoms with E-state index in [1.165, 1.54) is 36.5 Å². The summed E-state index contributed by atoms with van der Waals surface area (Å²) in [5.41, 5.74) is 2.98.